The number of aromatic nitrogens is 4. The molecule has 0 amide bonds. The smallest absolute Gasteiger partial charge is 0.215 e. The van der Waals surface area contributed by atoms with Gasteiger partial charge in [0.05, 0.1) is 35.6 Å². The van der Waals surface area contributed by atoms with E-state index >= 15 is 0 Å². The maximum absolute atomic E-state index is 12.6. The SMILES string of the molecule is COCCn1ncc(Br)c1C(=O)c1cnn(C)c1C. The average molecular weight is 327 g/mol. The fraction of sp³-hybridized carbons (Fsp3) is 0.417. The Bertz CT molecular complexity index is 603. The average Bonchev–Trinajstić information content (AvgIpc) is 2.91. The van der Waals surface area contributed by atoms with Gasteiger partial charge in [-0.3, -0.25) is 14.2 Å². The molecule has 2 heterocycles. The van der Waals surface area contributed by atoms with E-state index in [1.165, 1.54) is 0 Å². The van der Waals surface area contributed by atoms with Gasteiger partial charge in [-0.15, -0.1) is 0 Å². The lowest BCUT2D eigenvalue weighted by Crippen LogP contribution is -2.15. The summed E-state index contributed by atoms with van der Waals surface area (Å²) in [6.07, 6.45) is 3.20. The molecule has 0 saturated carbocycles. The van der Waals surface area contributed by atoms with Crippen molar-refractivity contribution in [3.8, 4) is 0 Å². The van der Waals surface area contributed by atoms with Gasteiger partial charge in [-0.25, -0.2) is 0 Å². The molecule has 0 fully saturated rings. The number of rotatable bonds is 5. The van der Waals surface area contributed by atoms with Gasteiger partial charge in [-0.1, -0.05) is 0 Å². The van der Waals surface area contributed by atoms with Gasteiger partial charge in [0.2, 0.25) is 5.78 Å². The van der Waals surface area contributed by atoms with Crippen LogP contribution in [0, 0.1) is 6.92 Å². The molecular weight excluding hydrogens is 312 g/mol. The predicted octanol–water partition coefficient (Wildman–Crippen LogP) is 1.56. The number of hydrogen-bond donors (Lipinski definition) is 0. The Labute approximate surface area is 119 Å². The summed E-state index contributed by atoms with van der Waals surface area (Å²) in [5.41, 5.74) is 1.94. The predicted molar refractivity (Wildman–Crippen MR) is 73.2 cm³/mol. The monoisotopic (exact) mass is 326 g/mol. The van der Waals surface area contributed by atoms with E-state index in [9.17, 15) is 4.79 Å². The Morgan fingerprint density at radius 1 is 1.42 bits per heavy atom. The van der Waals surface area contributed by atoms with Crippen LogP contribution < -0.4 is 0 Å². The highest BCUT2D eigenvalue weighted by atomic mass is 79.9. The fourth-order valence-electron chi connectivity index (χ4n) is 1.78. The van der Waals surface area contributed by atoms with Crippen LogP contribution >= 0.6 is 15.9 Å². The number of methoxy groups -OCH3 is 1. The number of halogens is 1. The number of aryl methyl sites for hydroxylation is 1. The van der Waals surface area contributed by atoms with E-state index in [0.717, 1.165) is 5.69 Å². The molecule has 2 rings (SSSR count). The summed E-state index contributed by atoms with van der Waals surface area (Å²) in [6.45, 7) is 2.90. The van der Waals surface area contributed by atoms with Gasteiger partial charge >= 0.3 is 0 Å². The van der Waals surface area contributed by atoms with Crippen LogP contribution in [-0.2, 0) is 18.3 Å². The first-order valence-corrected chi connectivity index (χ1v) is 6.59. The molecule has 102 valence electrons. The van der Waals surface area contributed by atoms with Crippen molar-refractivity contribution in [3.63, 3.8) is 0 Å². The lowest BCUT2D eigenvalue weighted by atomic mass is 10.1. The Morgan fingerprint density at radius 2 is 2.16 bits per heavy atom. The van der Waals surface area contributed by atoms with Gasteiger partial charge in [0.15, 0.2) is 0 Å². The third-order valence-electron chi connectivity index (χ3n) is 3.00. The maximum atomic E-state index is 12.6. The topological polar surface area (TPSA) is 61.9 Å². The minimum Gasteiger partial charge on any atom is -0.383 e. The van der Waals surface area contributed by atoms with Crippen LogP contribution in [-0.4, -0.2) is 39.1 Å². The van der Waals surface area contributed by atoms with Crippen LogP contribution in [0.1, 0.15) is 21.7 Å². The molecule has 0 aliphatic heterocycles. The molecule has 0 aliphatic rings. The van der Waals surface area contributed by atoms with Crippen LogP contribution in [0.3, 0.4) is 0 Å². The van der Waals surface area contributed by atoms with E-state index in [4.69, 9.17) is 4.74 Å². The third kappa shape index (κ3) is 2.62. The van der Waals surface area contributed by atoms with Crippen LogP contribution in [0.25, 0.3) is 0 Å². The molecule has 0 spiro atoms. The number of ketones is 1. The summed E-state index contributed by atoms with van der Waals surface area (Å²) in [6, 6.07) is 0. The zero-order valence-corrected chi connectivity index (χ0v) is 12.6. The fourth-order valence-corrected chi connectivity index (χ4v) is 2.26. The van der Waals surface area contributed by atoms with E-state index < -0.39 is 0 Å². The summed E-state index contributed by atoms with van der Waals surface area (Å²) in [5.74, 6) is -0.0916. The molecule has 0 bridgehead atoms. The summed E-state index contributed by atoms with van der Waals surface area (Å²) < 4.78 is 9.02. The molecule has 2 aromatic heterocycles. The molecule has 0 aromatic carbocycles. The van der Waals surface area contributed by atoms with E-state index in [1.54, 1.807) is 28.9 Å². The lowest BCUT2D eigenvalue weighted by Gasteiger charge is -2.06. The standard InChI is InChI=1S/C12H15BrN4O2/c1-8-9(6-14-16(8)2)12(18)11-10(13)7-15-17(11)4-5-19-3/h6-7H,4-5H2,1-3H3. The minimum absolute atomic E-state index is 0.0916. The molecular formula is C12H15BrN4O2. The molecule has 0 radical (unpaired) electrons. The van der Waals surface area contributed by atoms with Crippen LogP contribution in [0.15, 0.2) is 16.9 Å². The summed E-state index contributed by atoms with van der Waals surface area (Å²) in [4.78, 5) is 12.6. The largest absolute Gasteiger partial charge is 0.383 e. The zero-order valence-electron chi connectivity index (χ0n) is 11.1. The van der Waals surface area contributed by atoms with Crippen molar-refractivity contribution < 1.29 is 9.53 Å². The highest BCUT2D eigenvalue weighted by molar-refractivity contribution is 9.10. The Hall–Kier alpha value is -1.47. The van der Waals surface area contributed by atoms with Gasteiger partial charge in [0.25, 0.3) is 0 Å². The van der Waals surface area contributed by atoms with Crippen molar-refractivity contribution in [2.75, 3.05) is 13.7 Å². The second-order valence-electron chi connectivity index (χ2n) is 4.15. The van der Waals surface area contributed by atoms with Gasteiger partial charge < -0.3 is 4.74 Å². The van der Waals surface area contributed by atoms with Crippen molar-refractivity contribution >= 4 is 21.7 Å². The second-order valence-corrected chi connectivity index (χ2v) is 5.01. The summed E-state index contributed by atoms with van der Waals surface area (Å²) in [7, 11) is 3.43. The quantitative estimate of drug-likeness (QED) is 0.782. The molecule has 7 heteroatoms. The molecule has 6 nitrogen and oxygen atoms in total. The number of hydrogen-bond acceptors (Lipinski definition) is 4. The maximum Gasteiger partial charge on any atom is 0.215 e. The van der Waals surface area contributed by atoms with Gasteiger partial charge in [-0.2, -0.15) is 10.2 Å². The highest BCUT2D eigenvalue weighted by Gasteiger charge is 2.22. The van der Waals surface area contributed by atoms with Crippen LogP contribution in [0.2, 0.25) is 0 Å². The Morgan fingerprint density at radius 3 is 2.74 bits per heavy atom. The summed E-state index contributed by atoms with van der Waals surface area (Å²) >= 11 is 3.37. The van der Waals surface area contributed by atoms with Crippen LogP contribution in [0.5, 0.6) is 0 Å². The molecule has 0 saturated heterocycles. The van der Waals surface area contributed by atoms with E-state index in [1.807, 2.05) is 14.0 Å². The molecule has 0 N–H and O–H groups in total. The minimum atomic E-state index is -0.0916. The first kappa shape index (κ1) is 14.0. The highest BCUT2D eigenvalue weighted by Crippen LogP contribution is 2.21. The van der Waals surface area contributed by atoms with Crippen LogP contribution in [0.4, 0.5) is 0 Å². The van der Waals surface area contributed by atoms with Crippen molar-refractivity contribution in [2.24, 2.45) is 7.05 Å². The van der Waals surface area contributed by atoms with Crippen molar-refractivity contribution in [1.82, 2.24) is 19.6 Å². The lowest BCUT2D eigenvalue weighted by molar-refractivity contribution is 0.102. The van der Waals surface area contributed by atoms with Gasteiger partial charge in [0.1, 0.15) is 5.69 Å². The van der Waals surface area contributed by atoms with Crippen molar-refractivity contribution in [2.45, 2.75) is 13.5 Å². The first-order valence-electron chi connectivity index (χ1n) is 5.79. The molecule has 0 aliphatic carbocycles. The third-order valence-corrected chi connectivity index (χ3v) is 3.58. The Balaban J connectivity index is 2.38. The van der Waals surface area contributed by atoms with Crippen molar-refractivity contribution in [3.05, 3.63) is 33.8 Å². The van der Waals surface area contributed by atoms with Gasteiger partial charge in [-0.05, 0) is 22.9 Å². The van der Waals surface area contributed by atoms with E-state index in [0.29, 0.717) is 28.9 Å². The molecule has 0 unspecified atom stereocenters. The normalized spacial score (nSPS) is 10.9. The number of carbonyl (C=O) groups is 1. The summed E-state index contributed by atoms with van der Waals surface area (Å²) in [5, 5.41) is 8.27. The van der Waals surface area contributed by atoms with E-state index in [-0.39, 0.29) is 5.78 Å². The number of carbonyl (C=O) groups excluding carboxylic acids is 1. The van der Waals surface area contributed by atoms with Crippen molar-refractivity contribution in [1.29, 1.82) is 0 Å². The number of ether oxygens (including phenoxy) is 1. The molecule has 19 heavy (non-hydrogen) atoms. The number of nitrogens with zero attached hydrogens (tertiary/aromatic N) is 4. The van der Waals surface area contributed by atoms with Gasteiger partial charge in [0, 0.05) is 19.9 Å². The molecule has 2 aromatic rings. The first-order chi connectivity index (χ1) is 9.06. The zero-order chi connectivity index (χ0) is 14.0. The van der Waals surface area contributed by atoms with E-state index in [2.05, 4.69) is 26.1 Å². The molecule has 0 atom stereocenters. The Kier molecular flexibility index (Phi) is 4.16. The second kappa shape index (κ2) is 5.66.